The van der Waals surface area contributed by atoms with Crippen molar-refractivity contribution in [2.24, 2.45) is 0 Å². The summed E-state index contributed by atoms with van der Waals surface area (Å²) in [7, 11) is 0. The van der Waals surface area contributed by atoms with Crippen molar-refractivity contribution in [2.75, 3.05) is 10.7 Å². The van der Waals surface area contributed by atoms with Crippen LogP contribution in [-0.2, 0) is 4.79 Å². The molecule has 1 aliphatic heterocycles. The van der Waals surface area contributed by atoms with Crippen molar-refractivity contribution in [1.29, 1.82) is 0 Å². The van der Waals surface area contributed by atoms with Crippen molar-refractivity contribution < 1.29 is 4.79 Å². The summed E-state index contributed by atoms with van der Waals surface area (Å²) in [4.78, 5) is 13.1. The number of thioether (sulfide) groups is 1. The molecule has 27 heavy (non-hydrogen) atoms. The van der Waals surface area contributed by atoms with Crippen LogP contribution in [0.25, 0.3) is 0 Å². The highest BCUT2D eigenvalue weighted by molar-refractivity contribution is 8.00. The summed E-state index contributed by atoms with van der Waals surface area (Å²) >= 11 is 7.59. The number of carbonyl (C=O) groups is 1. The third kappa shape index (κ3) is 3.52. The average molecular weight is 400 g/mol. The predicted octanol–water partition coefficient (Wildman–Crippen LogP) is 3.95. The van der Waals surface area contributed by atoms with Gasteiger partial charge in [-0.05, 0) is 31.5 Å². The van der Waals surface area contributed by atoms with Gasteiger partial charge in [0.15, 0.2) is 0 Å². The second-order valence-electron chi connectivity index (χ2n) is 6.39. The van der Waals surface area contributed by atoms with E-state index in [2.05, 4.69) is 20.9 Å². The number of para-hydroxylation sites is 1. The fraction of sp³-hybridized carbons (Fsp3) is 0.211. The fourth-order valence-corrected chi connectivity index (χ4v) is 4.26. The lowest BCUT2D eigenvalue weighted by Crippen LogP contribution is -2.41. The monoisotopic (exact) mass is 399 g/mol. The molecule has 138 valence electrons. The first-order valence-electron chi connectivity index (χ1n) is 8.50. The summed E-state index contributed by atoms with van der Waals surface area (Å²) in [5, 5.41) is 11.9. The van der Waals surface area contributed by atoms with Crippen molar-refractivity contribution in [1.82, 2.24) is 14.9 Å². The van der Waals surface area contributed by atoms with E-state index < -0.39 is 5.25 Å². The third-order valence-corrected chi connectivity index (χ3v) is 5.97. The Hall–Kier alpha value is -2.51. The number of aromatic nitrogens is 3. The van der Waals surface area contributed by atoms with E-state index in [1.54, 1.807) is 12.1 Å². The maximum absolute atomic E-state index is 13.1. The van der Waals surface area contributed by atoms with Crippen LogP contribution in [0.5, 0.6) is 0 Å². The molecule has 1 aliphatic rings. The van der Waals surface area contributed by atoms with Crippen molar-refractivity contribution in [3.63, 3.8) is 0 Å². The third-order valence-electron chi connectivity index (χ3n) is 4.43. The van der Waals surface area contributed by atoms with Crippen molar-refractivity contribution in [2.45, 2.75) is 30.3 Å². The molecule has 0 radical (unpaired) electrons. The number of nitrogens with zero attached hydrogens (tertiary/aromatic N) is 3. The Balaban J connectivity index is 1.68. The number of aryl methyl sites for hydroxylation is 2. The van der Waals surface area contributed by atoms with E-state index in [-0.39, 0.29) is 11.9 Å². The van der Waals surface area contributed by atoms with Crippen LogP contribution < -0.4 is 10.7 Å². The van der Waals surface area contributed by atoms with Gasteiger partial charge in [0.05, 0.1) is 16.8 Å². The topological polar surface area (TPSA) is 71.8 Å². The number of halogens is 1. The van der Waals surface area contributed by atoms with Gasteiger partial charge in [-0.3, -0.25) is 4.79 Å². The number of hydrogen-bond donors (Lipinski definition) is 2. The molecule has 0 unspecified atom stereocenters. The molecule has 0 aliphatic carbocycles. The van der Waals surface area contributed by atoms with E-state index in [1.807, 2.05) is 54.9 Å². The van der Waals surface area contributed by atoms with E-state index in [0.717, 1.165) is 11.4 Å². The predicted molar refractivity (Wildman–Crippen MR) is 108 cm³/mol. The van der Waals surface area contributed by atoms with Gasteiger partial charge in [-0.2, -0.15) is 0 Å². The zero-order valence-corrected chi connectivity index (χ0v) is 16.4. The van der Waals surface area contributed by atoms with Gasteiger partial charge in [0, 0.05) is 0 Å². The summed E-state index contributed by atoms with van der Waals surface area (Å²) in [6, 6.07) is 15.1. The van der Waals surface area contributed by atoms with E-state index >= 15 is 0 Å². The van der Waals surface area contributed by atoms with Gasteiger partial charge in [-0.25, -0.2) is 4.68 Å². The molecule has 2 N–H and O–H groups in total. The molecule has 3 aromatic rings. The Bertz CT molecular complexity index is 988. The van der Waals surface area contributed by atoms with E-state index in [9.17, 15) is 4.79 Å². The number of rotatable bonds is 3. The van der Waals surface area contributed by atoms with Gasteiger partial charge < -0.3 is 10.7 Å². The number of anilines is 1. The average Bonchev–Trinajstić information content (AvgIpc) is 3.03. The Kier molecular flexibility index (Phi) is 4.80. The molecule has 0 spiro atoms. The quantitative estimate of drug-likeness (QED) is 0.697. The molecular formula is C19H18ClN5OS. The maximum atomic E-state index is 13.1. The second-order valence-corrected chi connectivity index (χ2v) is 7.91. The largest absolute Gasteiger partial charge is 0.324 e. The minimum absolute atomic E-state index is 0.141. The molecule has 6 nitrogen and oxygen atoms in total. The van der Waals surface area contributed by atoms with Gasteiger partial charge in [0.2, 0.25) is 11.1 Å². The highest BCUT2D eigenvalue weighted by atomic mass is 35.5. The highest BCUT2D eigenvalue weighted by Gasteiger charge is 2.37. The molecule has 2 aromatic carbocycles. The van der Waals surface area contributed by atoms with E-state index in [0.29, 0.717) is 15.9 Å². The number of benzene rings is 2. The molecule has 0 fully saturated rings. The maximum Gasteiger partial charge on any atom is 0.240 e. The smallest absolute Gasteiger partial charge is 0.240 e. The van der Waals surface area contributed by atoms with Gasteiger partial charge in [0.25, 0.3) is 0 Å². The van der Waals surface area contributed by atoms with Crippen molar-refractivity contribution in [3.8, 4) is 0 Å². The standard InChI is InChI=1S/C19H18ClN5OS/c1-11-7-9-13(10-8-11)16-17(27-19-23-22-12(2)25(19)24-16)18(26)21-15-6-4-3-5-14(15)20/h3-10,16-17,24H,1-2H3,(H,21,26)/t16-,17-/m1/s1. The second kappa shape index (κ2) is 7.25. The lowest BCUT2D eigenvalue weighted by molar-refractivity contribution is -0.116. The Labute approximate surface area is 166 Å². The molecule has 8 heteroatoms. The van der Waals surface area contributed by atoms with Crippen LogP contribution in [-0.4, -0.2) is 26.0 Å². The van der Waals surface area contributed by atoms with Crippen LogP contribution in [0.15, 0.2) is 53.7 Å². The summed E-state index contributed by atoms with van der Waals surface area (Å²) in [5.74, 6) is 0.609. The molecule has 2 heterocycles. The number of nitrogens with one attached hydrogen (secondary N) is 2. The van der Waals surface area contributed by atoms with Gasteiger partial charge >= 0.3 is 0 Å². The summed E-state index contributed by atoms with van der Waals surface area (Å²) in [5.41, 5.74) is 6.17. The van der Waals surface area contributed by atoms with Crippen LogP contribution in [0, 0.1) is 13.8 Å². The zero-order chi connectivity index (χ0) is 19.0. The molecule has 0 saturated carbocycles. The van der Waals surface area contributed by atoms with Crippen LogP contribution >= 0.6 is 23.4 Å². The van der Waals surface area contributed by atoms with Crippen LogP contribution in [0.4, 0.5) is 5.69 Å². The first-order chi connectivity index (χ1) is 13.0. The Morgan fingerprint density at radius 3 is 2.63 bits per heavy atom. The normalized spacial score (nSPS) is 18.5. The molecule has 4 rings (SSSR count). The summed E-state index contributed by atoms with van der Waals surface area (Å²) in [6.45, 7) is 3.91. The highest BCUT2D eigenvalue weighted by Crippen LogP contribution is 2.37. The summed E-state index contributed by atoms with van der Waals surface area (Å²) < 4.78 is 1.83. The number of hydrogen-bond acceptors (Lipinski definition) is 5. The molecular weight excluding hydrogens is 382 g/mol. The number of fused-ring (bicyclic) bond motifs is 1. The van der Waals surface area contributed by atoms with Crippen LogP contribution in [0.2, 0.25) is 5.02 Å². The van der Waals surface area contributed by atoms with Crippen LogP contribution in [0.1, 0.15) is 23.0 Å². The first-order valence-corrected chi connectivity index (χ1v) is 9.76. The van der Waals surface area contributed by atoms with E-state index in [1.165, 1.54) is 17.3 Å². The number of carbonyl (C=O) groups excluding carboxylic acids is 1. The molecule has 2 atom stereocenters. The number of amides is 1. The zero-order valence-electron chi connectivity index (χ0n) is 14.8. The van der Waals surface area contributed by atoms with Crippen molar-refractivity contribution in [3.05, 3.63) is 70.5 Å². The molecule has 0 bridgehead atoms. The minimum atomic E-state index is -0.430. The molecule has 0 saturated heterocycles. The first kappa shape index (κ1) is 17.9. The molecule has 1 aromatic heterocycles. The van der Waals surface area contributed by atoms with Gasteiger partial charge in [0.1, 0.15) is 11.1 Å². The SMILES string of the molecule is Cc1ccc([C@H]2Nn3c(C)nnc3S[C@H]2C(=O)Nc2ccccc2Cl)cc1. The Morgan fingerprint density at radius 1 is 1.15 bits per heavy atom. The van der Waals surface area contributed by atoms with Gasteiger partial charge in [-0.15, -0.1) is 10.2 Å². The fourth-order valence-electron chi connectivity index (χ4n) is 2.95. The Morgan fingerprint density at radius 2 is 1.89 bits per heavy atom. The summed E-state index contributed by atoms with van der Waals surface area (Å²) in [6.07, 6.45) is 0. The van der Waals surface area contributed by atoms with Crippen LogP contribution in [0.3, 0.4) is 0 Å². The van der Waals surface area contributed by atoms with E-state index in [4.69, 9.17) is 11.6 Å². The molecule has 1 amide bonds. The lowest BCUT2D eigenvalue weighted by atomic mass is 10.0. The lowest BCUT2D eigenvalue weighted by Gasteiger charge is -2.32. The van der Waals surface area contributed by atoms with Crippen molar-refractivity contribution >= 4 is 35.0 Å². The van der Waals surface area contributed by atoms with Gasteiger partial charge in [-0.1, -0.05) is 65.3 Å². The minimum Gasteiger partial charge on any atom is -0.324 e.